The second-order valence-corrected chi connectivity index (χ2v) is 9.53. The molecule has 4 N–H and O–H groups in total. The van der Waals surface area contributed by atoms with Gasteiger partial charge < -0.3 is 16.4 Å². The number of aromatic nitrogens is 2. The highest BCUT2D eigenvalue weighted by atomic mass is 16.2. The number of benzene rings is 1. The van der Waals surface area contributed by atoms with E-state index in [4.69, 9.17) is 5.73 Å². The Hall–Kier alpha value is -2.70. The molecule has 162 valence electrons. The average molecular weight is 411 g/mol. The van der Waals surface area contributed by atoms with Gasteiger partial charge in [-0.1, -0.05) is 45.2 Å². The first-order chi connectivity index (χ1) is 14.1. The van der Waals surface area contributed by atoms with Gasteiger partial charge in [-0.05, 0) is 44.2 Å². The molecule has 1 aromatic heterocycles. The number of nitrogens with two attached hydrogens (primary N) is 1. The molecule has 0 saturated heterocycles. The van der Waals surface area contributed by atoms with Crippen molar-refractivity contribution in [3.63, 3.8) is 0 Å². The van der Waals surface area contributed by atoms with E-state index < -0.39 is 0 Å². The van der Waals surface area contributed by atoms with Crippen LogP contribution in [-0.2, 0) is 0 Å². The van der Waals surface area contributed by atoms with Gasteiger partial charge >= 0.3 is 0 Å². The maximum absolute atomic E-state index is 12.8. The molecule has 1 aliphatic rings. The van der Waals surface area contributed by atoms with Crippen LogP contribution >= 0.6 is 0 Å². The molecule has 0 spiro atoms. The summed E-state index contributed by atoms with van der Waals surface area (Å²) in [5.74, 6) is 1.21. The number of fused-ring (bicyclic) bond motifs is 1. The molecule has 2 aromatic rings. The summed E-state index contributed by atoms with van der Waals surface area (Å²) in [4.78, 5) is 26.6. The van der Waals surface area contributed by atoms with Crippen LogP contribution in [0.15, 0.2) is 23.2 Å². The fourth-order valence-electron chi connectivity index (χ4n) is 3.75. The topological polar surface area (TPSA) is 105 Å². The van der Waals surface area contributed by atoms with Crippen molar-refractivity contribution in [2.45, 2.75) is 72.4 Å². The van der Waals surface area contributed by atoms with Crippen LogP contribution in [0.25, 0.3) is 10.9 Å². The summed E-state index contributed by atoms with van der Waals surface area (Å²) in [5, 5.41) is 7.45. The molecule has 0 unspecified atom stereocenters. The molecule has 1 heterocycles. The lowest BCUT2D eigenvalue weighted by Gasteiger charge is -2.30. The van der Waals surface area contributed by atoms with Crippen molar-refractivity contribution in [2.24, 2.45) is 16.1 Å². The van der Waals surface area contributed by atoms with Crippen molar-refractivity contribution in [1.82, 2.24) is 15.3 Å². The fraction of sp³-hybridized carbons (Fsp3) is 0.565. The normalized spacial score (nSPS) is 20.2. The quantitative estimate of drug-likeness (QED) is 0.513. The number of amidine groups is 1. The van der Waals surface area contributed by atoms with Crippen molar-refractivity contribution in [2.75, 3.05) is 11.9 Å². The second-order valence-electron chi connectivity index (χ2n) is 9.53. The molecule has 1 aromatic carbocycles. The summed E-state index contributed by atoms with van der Waals surface area (Å²) >= 11 is 0. The van der Waals surface area contributed by atoms with Gasteiger partial charge in [-0.2, -0.15) is 0 Å². The van der Waals surface area contributed by atoms with E-state index in [9.17, 15) is 4.79 Å². The molecule has 0 bridgehead atoms. The number of nitrogens with one attached hydrogen (secondary N) is 2. The zero-order valence-electron chi connectivity index (χ0n) is 18.7. The van der Waals surface area contributed by atoms with Gasteiger partial charge in [0, 0.05) is 18.0 Å². The number of rotatable bonds is 5. The van der Waals surface area contributed by atoms with Crippen LogP contribution < -0.4 is 16.4 Å². The van der Waals surface area contributed by atoms with Crippen LogP contribution in [0, 0.1) is 12.3 Å². The standard InChI is InChI=1S/C23H34N6O/c1-14-10-11-17-16(12-14)20(28-19-9-7-6-8-18(19)26-15(2)24)29-21(27-17)22(30)25-13-23(3,4)5/h10-12,18-19H,6-9,13H2,1-5H3,(H2,24,26)(H,25,30)(H,27,28,29)/t18-,19+/m1/s1. The minimum atomic E-state index is -0.258. The molecule has 1 saturated carbocycles. The van der Waals surface area contributed by atoms with Gasteiger partial charge in [0.05, 0.1) is 17.4 Å². The van der Waals surface area contributed by atoms with E-state index in [1.165, 1.54) is 0 Å². The maximum Gasteiger partial charge on any atom is 0.289 e. The number of carbonyl (C=O) groups excluding carboxylic acids is 1. The largest absolute Gasteiger partial charge is 0.388 e. The summed E-state index contributed by atoms with van der Waals surface area (Å²) in [5.41, 5.74) is 7.72. The predicted octanol–water partition coefficient (Wildman–Crippen LogP) is 3.81. The van der Waals surface area contributed by atoms with Gasteiger partial charge in [-0.15, -0.1) is 0 Å². The molecule has 1 amide bonds. The van der Waals surface area contributed by atoms with E-state index >= 15 is 0 Å². The third-order valence-corrected chi connectivity index (χ3v) is 5.25. The number of hydrogen-bond donors (Lipinski definition) is 3. The third kappa shape index (κ3) is 5.68. The highest BCUT2D eigenvalue weighted by Gasteiger charge is 2.26. The molecule has 1 fully saturated rings. The lowest BCUT2D eigenvalue weighted by atomic mass is 9.90. The first kappa shape index (κ1) is 22.0. The van der Waals surface area contributed by atoms with Crippen molar-refractivity contribution in [3.05, 3.63) is 29.6 Å². The van der Waals surface area contributed by atoms with Gasteiger partial charge in [-0.25, -0.2) is 9.97 Å². The van der Waals surface area contributed by atoms with Crippen LogP contribution in [-0.4, -0.2) is 40.3 Å². The molecular formula is C23H34N6O. The molecular weight excluding hydrogens is 376 g/mol. The van der Waals surface area contributed by atoms with Crippen LogP contribution in [0.5, 0.6) is 0 Å². The Morgan fingerprint density at radius 2 is 1.97 bits per heavy atom. The van der Waals surface area contributed by atoms with Crippen molar-refractivity contribution in [1.29, 1.82) is 0 Å². The first-order valence-electron chi connectivity index (χ1n) is 10.8. The van der Waals surface area contributed by atoms with Gasteiger partial charge in [0.15, 0.2) is 0 Å². The van der Waals surface area contributed by atoms with Crippen molar-refractivity contribution >= 4 is 28.5 Å². The molecule has 0 radical (unpaired) electrons. The average Bonchev–Trinajstić information content (AvgIpc) is 2.66. The first-order valence-corrected chi connectivity index (χ1v) is 10.8. The number of carbonyl (C=O) groups is 1. The Morgan fingerprint density at radius 1 is 1.23 bits per heavy atom. The van der Waals surface area contributed by atoms with E-state index in [1.807, 2.05) is 26.0 Å². The summed E-state index contributed by atoms with van der Waals surface area (Å²) in [7, 11) is 0. The molecule has 7 heteroatoms. The Labute approximate surface area is 179 Å². The molecule has 1 aliphatic carbocycles. The number of nitrogens with zero attached hydrogens (tertiary/aromatic N) is 3. The second kappa shape index (κ2) is 8.98. The summed E-state index contributed by atoms with van der Waals surface area (Å²) < 4.78 is 0. The Balaban J connectivity index is 1.96. The number of anilines is 1. The van der Waals surface area contributed by atoms with Gasteiger partial charge in [-0.3, -0.25) is 9.79 Å². The van der Waals surface area contributed by atoms with Crippen molar-refractivity contribution < 1.29 is 4.79 Å². The lowest BCUT2D eigenvalue weighted by molar-refractivity contribution is 0.0929. The van der Waals surface area contributed by atoms with Gasteiger partial charge in [0.2, 0.25) is 5.82 Å². The molecule has 3 rings (SSSR count). The Morgan fingerprint density at radius 3 is 2.67 bits per heavy atom. The van der Waals surface area contributed by atoms with Crippen molar-refractivity contribution in [3.8, 4) is 0 Å². The van der Waals surface area contributed by atoms with E-state index in [0.29, 0.717) is 18.2 Å². The maximum atomic E-state index is 12.8. The minimum absolute atomic E-state index is 0.0158. The Bertz CT molecular complexity index is 943. The molecule has 0 aliphatic heterocycles. The van der Waals surface area contributed by atoms with Crippen LogP contribution in [0.2, 0.25) is 0 Å². The molecule has 2 atom stereocenters. The predicted molar refractivity (Wildman–Crippen MR) is 123 cm³/mol. The summed E-state index contributed by atoms with van der Waals surface area (Å²) in [6.07, 6.45) is 4.26. The van der Waals surface area contributed by atoms with E-state index in [2.05, 4.69) is 52.4 Å². The summed E-state index contributed by atoms with van der Waals surface area (Å²) in [6, 6.07) is 6.24. The Kier molecular flexibility index (Phi) is 6.58. The van der Waals surface area contributed by atoms with E-state index in [0.717, 1.165) is 42.1 Å². The van der Waals surface area contributed by atoms with Gasteiger partial charge in [0.1, 0.15) is 5.82 Å². The van der Waals surface area contributed by atoms with Crippen LogP contribution in [0.3, 0.4) is 0 Å². The van der Waals surface area contributed by atoms with E-state index in [1.54, 1.807) is 0 Å². The highest BCUT2D eigenvalue weighted by molar-refractivity contribution is 5.96. The monoisotopic (exact) mass is 410 g/mol. The highest BCUT2D eigenvalue weighted by Crippen LogP contribution is 2.28. The number of amides is 1. The SMILES string of the molecule is CC(N)=N[C@@H]1CCCC[C@@H]1Nc1nc(C(=O)NCC(C)(C)C)nc2ccc(C)cc12. The zero-order valence-corrected chi connectivity index (χ0v) is 18.7. The summed E-state index contributed by atoms with van der Waals surface area (Å²) in [6.45, 7) is 10.7. The minimum Gasteiger partial charge on any atom is -0.388 e. The molecule has 7 nitrogen and oxygen atoms in total. The number of aliphatic imine (C=N–C) groups is 1. The van der Waals surface area contributed by atoms with Gasteiger partial charge in [0.25, 0.3) is 5.91 Å². The van der Waals surface area contributed by atoms with Crippen LogP contribution in [0.4, 0.5) is 5.82 Å². The smallest absolute Gasteiger partial charge is 0.289 e. The molecule has 30 heavy (non-hydrogen) atoms. The zero-order chi connectivity index (χ0) is 21.9. The fourth-order valence-corrected chi connectivity index (χ4v) is 3.75. The lowest BCUT2D eigenvalue weighted by Crippen LogP contribution is -2.37. The third-order valence-electron chi connectivity index (χ3n) is 5.25. The van der Waals surface area contributed by atoms with E-state index in [-0.39, 0.29) is 29.2 Å². The number of hydrogen-bond acceptors (Lipinski definition) is 5. The number of aryl methyl sites for hydroxylation is 1. The van der Waals surface area contributed by atoms with Crippen LogP contribution in [0.1, 0.15) is 69.6 Å².